The van der Waals surface area contributed by atoms with Crippen molar-refractivity contribution in [2.24, 2.45) is 5.10 Å². The molecule has 1 heterocycles. The van der Waals surface area contributed by atoms with E-state index in [1.54, 1.807) is 42.1 Å². The molecule has 0 saturated heterocycles. The quantitative estimate of drug-likeness (QED) is 0.297. The highest BCUT2D eigenvalue weighted by molar-refractivity contribution is 6.30. The first-order valence-electron chi connectivity index (χ1n) is 10.5. The number of nitrogens with zero attached hydrogens (tertiary/aromatic N) is 3. The van der Waals surface area contributed by atoms with Crippen molar-refractivity contribution in [1.82, 2.24) is 15.2 Å². The molecule has 0 aliphatic carbocycles. The molecule has 3 aromatic carbocycles. The highest BCUT2D eigenvalue weighted by atomic mass is 35.5. The van der Waals surface area contributed by atoms with Crippen LogP contribution in [0.3, 0.4) is 0 Å². The van der Waals surface area contributed by atoms with Crippen molar-refractivity contribution in [1.29, 1.82) is 0 Å². The number of hydrazone groups is 1. The minimum atomic E-state index is -0.746. The zero-order valence-electron chi connectivity index (χ0n) is 18.3. The van der Waals surface area contributed by atoms with E-state index in [0.717, 1.165) is 28.1 Å². The van der Waals surface area contributed by atoms with Gasteiger partial charge in [0, 0.05) is 22.3 Å². The molecule has 33 heavy (non-hydrogen) atoms. The van der Waals surface area contributed by atoms with Crippen molar-refractivity contribution in [2.75, 3.05) is 0 Å². The van der Waals surface area contributed by atoms with Crippen LogP contribution in [0.5, 0.6) is 5.75 Å². The van der Waals surface area contributed by atoms with Gasteiger partial charge in [0.2, 0.25) is 0 Å². The van der Waals surface area contributed by atoms with Crippen LogP contribution >= 0.6 is 11.6 Å². The smallest absolute Gasteiger partial charge is 0.280 e. The van der Waals surface area contributed by atoms with Crippen molar-refractivity contribution in [3.63, 3.8) is 0 Å². The molecular weight excluding hydrogens is 436 g/mol. The number of para-hydroxylation sites is 1. The largest absolute Gasteiger partial charge is 0.481 e. The average molecular weight is 459 g/mol. The lowest BCUT2D eigenvalue weighted by Gasteiger charge is -2.12. The van der Waals surface area contributed by atoms with Crippen LogP contribution in [0.1, 0.15) is 18.1 Å². The SMILES string of the molecule is Cc1ccc(-c2nn(-c3ccccc3)cc2/C=N\NC(=O)[C@@H](C)Oc2cccc(Cl)c2)cc1. The standard InChI is InChI=1S/C26H23ClN4O2/c1-18-11-13-20(14-12-18)25-21(17-31(30-25)23-8-4-3-5-9-23)16-28-29-26(32)19(2)33-24-10-6-7-22(27)15-24/h3-17,19H,1-2H3,(H,29,32)/b28-16-/t19-/m1/s1. The Labute approximate surface area is 197 Å². The molecule has 0 aliphatic rings. The van der Waals surface area contributed by atoms with Gasteiger partial charge in [0.15, 0.2) is 6.10 Å². The van der Waals surface area contributed by atoms with Crippen LogP contribution in [-0.4, -0.2) is 28.0 Å². The van der Waals surface area contributed by atoms with Crippen molar-refractivity contribution >= 4 is 23.7 Å². The molecule has 0 unspecified atom stereocenters. The number of hydrogen-bond donors (Lipinski definition) is 1. The van der Waals surface area contributed by atoms with E-state index in [0.29, 0.717) is 10.8 Å². The number of aromatic nitrogens is 2. The van der Waals surface area contributed by atoms with Crippen molar-refractivity contribution < 1.29 is 9.53 Å². The van der Waals surface area contributed by atoms with Crippen LogP contribution in [0.25, 0.3) is 16.9 Å². The third-order valence-corrected chi connectivity index (χ3v) is 5.18. The summed E-state index contributed by atoms with van der Waals surface area (Å²) >= 11 is 5.97. The summed E-state index contributed by atoms with van der Waals surface area (Å²) in [4.78, 5) is 12.4. The molecule has 1 amide bonds. The Morgan fingerprint density at radius 2 is 1.85 bits per heavy atom. The van der Waals surface area contributed by atoms with E-state index in [-0.39, 0.29) is 5.91 Å². The van der Waals surface area contributed by atoms with Gasteiger partial charge >= 0.3 is 0 Å². The first kappa shape index (κ1) is 22.3. The number of carbonyl (C=O) groups is 1. The molecule has 1 aromatic heterocycles. The number of aryl methyl sites for hydroxylation is 1. The summed E-state index contributed by atoms with van der Waals surface area (Å²) in [6.45, 7) is 3.69. The Morgan fingerprint density at radius 1 is 1.09 bits per heavy atom. The third kappa shape index (κ3) is 5.67. The number of hydrogen-bond acceptors (Lipinski definition) is 4. The van der Waals surface area contributed by atoms with Gasteiger partial charge in [-0.1, -0.05) is 65.7 Å². The van der Waals surface area contributed by atoms with Gasteiger partial charge in [-0.15, -0.1) is 0 Å². The van der Waals surface area contributed by atoms with Crippen LogP contribution in [0, 0.1) is 6.92 Å². The van der Waals surface area contributed by atoms with Gasteiger partial charge < -0.3 is 4.74 Å². The lowest BCUT2D eigenvalue weighted by molar-refractivity contribution is -0.127. The Bertz CT molecular complexity index is 1270. The van der Waals surface area contributed by atoms with Gasteiger partial charge in [0.1, 0.15) is 11.4 Å². The number of amides is 1. The van der Waals surface area contributed by atoms with E-state index < -0.39 is 6.10 Å². The Hall–Kier alpha value is -3.90. The topological polar surface area (TPSA) is 68.5 Å². The molecule has 0 radical (unpaired) electrons. The molecule has 4 aromatic rings. The summed E-state index contributed by atoms with van der Waals surface area (Å²) in [6.07, 6.45) is 2.72. The predicted molar refractivity (Wildman–Crippen MR) is 131 cm³/mol. The summed E-state index contributed by atoms with van der Waals surface area (Å²) < 4.78 is 7.43. The van der Waals surface area contributed by atoms with Gasteiger partial charge in [-0.3, -0.25) is 4.79 Å². The molecular formula is C26H23ClN4O2. The average Bonchev–Trinajstić information content (AvgIpc) is 3.24. The Morgan fingerprint density at radius 3 is 2.58 bits per heavy atom. The number of benzene rings is 3. The predicted octanol–water partition coefficient (Wildman–Crippen LogP) is 5.42. The first-order chi connectivity index (χ1) is 16.0. The van der Waals surface area contributed by atoms with Gasteiger partial charge in [-0.25, -0.2) is 10.1 Å². The molecule has 0 saturated carbocycles. The fourth-order valence-corrected chi connectivity index (χ4v) is 3.37. The fraction of sp³-hybridized carbons (Fsp3) is 0.115. The van der Waals surface area contributed by atoms with E-state index in [1.165, 1.54) is 0 Å². The number of ether oxygens (including phenoxy) is 1. The number of nitrogens with one attached hydrogen (secondary N) is 1. The summed E-state index contributed by atoms with van der Waals surface area (Å²) in [6, 6.07) is 24.8. The lowest BCUT2D eigenvalue weighted by atomic mass is 10.1. The minimum Gasteiger partial charge on any atom is -0.481 e. The fourth-order valence-electron chi connectivity index (χ4n) is 3.18. The molecule has 0 spiro atoms. The maximum Gasteiger partial charge on any atom is 0.280 e. The van der Waals surface area contributed by atoms with Crippen LogP contribution in [-0.2, 0) is 4.79 Å². The maximum atomic E-state index is 12.4. The minimum absolute atomic E-state index is 0.376. The van der Waals surface area contributed by atoms with E-state index >= 15 is 0 Å². The second-order valence-electron chi connectivity index (χ2n) is 7.53. The maximum absolute atomic E-state index is 12.4. The molecule has 1 N–H and O–H groups in total. The highest BCUT2D eigenvalue weighted by Gasteiger charge is 2.15. The van der Waals surface area contributed by atoms with Crippen LogP contribution in [0.4, 0.5) is 0 Å². The second kappa shape index (κ2) is 10.1. The van der Waals surface area contributed by atoms with Gasteiger partial charge in [-0.2, -0.15) is 10.2 Å². The molecule has 7 heteroatoms. The van der Waals surface area contributed by atoms with Crippen LogP contribution in [0.2, 0.25) is 5.02 Å². The molecule has 0 aliphatic heterocycles. The van der Waals surface area contributed by atoms with Crippen LogP contribution in [0.15, 0.2) is 90.2 Å². The highest BCUT2D eigenvalue weighted by Crippen LogP contribution is 2.23. The zero-order valence-corrected chi connectivity index (χ0v) is 19.0. The monoisotopic (exact) mass is 458 g/mol. The van der Waals surface area contributed by atoms with Crippen LogP contribution < -0.4 is 10.2 Å². The zero-order chi connectivity index (χ0) is 23.2. The van der Waals surface area contributed by atoms with Gasteiger partial charge in [0.05, 0.1) is 11.9 Å². The lowest BCUT2D eigenvalue weighted by Crippen LogP contribution is -2.33. The van der Waals surface area contributed by atoms with Crippen molar-refractivity contribution in [2.45, 2.75) is 20.0 Å². The Balaban J connectivity index is 1.52. The molecule has 0 fully saturated rings. The summed E-state index contributed by atoms with van der Waals surface area (Å²) in [5.41, 5.74) is 7.12. The molecule has 6 nitrogen and oxygen atoms in total. The van der Waals surface area contributed by atoms with E-state index in [9.17, 15) is 4.79 Å². The summed E-state index contributed by atoms with van der Waals surface area (Å²) in [7, 11) is 0. The number of halogens is 1. The second-order valence-corrected chi connectivity index (χ2v) is 7.97. The molecule has 4 rings (SSSR count). The normalized spacial score (nSPS) is 12.0. The van der Waals surface area contributed by atoms with Gasteiger partial charge in [-0.05, 0) is 44.2 Å². The number of rotatable bonds is 7. The molecule has 1 atom stereocenters. The Kier molecular flexibility index (Phi) is 6.86. The van der Waals surface area contributed by atoms with E-state index in [1.807, 2.05) is 67.7 Å². The summed E-state index contributed by atoms with van der Waals surface area (Å²) in [5.74, 6) is 0.137. The van der Waals surface area contributed by atoms with E-state index in [4.69, 9.17) is 21.4 Å². The van der Waals surface area contributed by atoms with Gasteiger partial charge in [0.25, 0.3) is 5.91 Å². The molecule has 166 valence electrons. The number of carbonyl (C=O) groups excluding carboxylic acids is 1. The third-order valence-electron chi connectivity index (χ3n) is 4.94. The van der Waals surface area contributed by atoms with Crippen molar-refractivity contribution in [3.8, 4) is 22.7 Å². The molecule has 0 bridgehead atoms. The summed E-state index contributed by atoms with van der Waals surface area (Å²) in [5, 5.41) is 9.44. The first-order valence-corrected chi connectivity index (χ1v) is 10.8. The van der Waals surface area contributed by atoms with Crippen molar-refractivity contribution in [3.05, 3.63) is 101 Å². The van der Waals surface area contributed by atoms with E-state index in [2.05, 4.69) is 10.5 Å².